The quantitative estimate of drug-likeness (QED) is 0.631. The van der Waals surface area contributed by atoms with E-state index in [-0.39, 0.29) is 11.7 Å². The van der Waals surface area contributed by atoms with Crippen LogP contribution in [0, 0.1) is 5.82 Å². The Morgan fingerprint density at radius 1 is 1.31 bits per heavy atom. The van der Waals surface area contributed by atoms with Crippen molar-refractivity contribution in [1.82, 2.24) is 4.90 Å². The number of nitrogens with zero attached hydrogens (tertiary/aromatic N) is 1. The van der Waals surface area contributed by atoms with E-state index in [1.54, 1.807) is 17.0 Å². The monoisotopic (exact) mass is 179 g/mol. The molecule has 13 heavy (non-hydrogen) atoms. The first kappa shape index (κ1) is 8.23. The van der Waals surface area contributed by atoms with Crippen molar-refractivity contribution in [3.05, 3.63) is 35.6 Å². The third-order valence-electron chi connectivity index (χ3n) is 2.23. The molecule has 0 aliphatic carbocycles. The minimum Gasteiger partial charge on any atom is -0.338 e. The standard InChI is InChI=1S/C10H10FNO/c11-9-3-1-8(2-4-9)7-12-6-5-10(12)13/h1-4H,5-7H2. The molecule has 0 N–H and O–H groups in total. The van der Waals surface area contributed by atoms with Crippen LogP contribution in [0.15, 0.2) is 24.3 Å². The molecule has 1 aliphatic rings. The van der Waals surface area contributed by atoms with Crippen LogP contribution < -0.4 is 0 Å². The van der Waals surface area contributed by atoms with E-state index in [9.17, 15) is 9.18 Å². The molecule has 1 aromatic carbocycles. The van der Waals surface area contributed by atoms with E-state index >= 15 is 0 Å². The zero-order chi connectivity index (χ0) is 9.26. The lowest BCUT2D eigenvalue weighted by molar-refractivity contribution is -0.140. The van der Waals surface area contributed by atoms with Crippen LogP contribution in [0.3, 0.4) is 0 Å². The molecule has 2 nitrogen and oxygen atoms in total. The van der Waals surface area contributed by atoms with Crippen molar-refractivity contribution >= 4 is 5.91 Å². The topological polar surface area (TPSA) is 20.3 Å². The van der Waals surface area contributed by atoms with Crippen LogP contribution in [0.1, 0.15) is 12.0 Å². The van der Waals surface area contributed by atoms with Crippen LogP contribution in [0.2, 0.25) is 0 Å². The van der Waals surface area contributed by atoms with Gasteiger partial charge in [-0.25, -0.2) is 4.39 Å². The Bertz CT molecular complexity index is 320. The van der Waals surface area contributed by atoms with Crippen molar-refractivity contribution in [3.63, 3.8) is 0 Å². The summed E-state index contributed by atoms with van der Waals surface area (Å²) in [5, 5.41) is 0. The number of β-lactam (4-membered cyclic amide) rings is 1. The van der Waals surface area contributed by atoms with Crippen molar-refractivity contribution in [2.75, 3.05) is 6.54 Å². The number of hydrogen-bond donors (Lipinski definition) is 0. The zero-order valence-corrected chi connectivity index (χ0v) is 7.16. The fourth-order valence-electron chi connectivity index (χ4n) is 1.34. The summed E-state index contributed by atoms with van der Waals surface area (Å²) in [7, 11) is 0. The molecule has 0 bridgehead atoms. The molecular weight excluding hydrogens is 169 g/mol. The Kier molecular flexibility index (Phi) is 2.00. The van der Waals surface area contributed by atoms with Gasteiger partial charge in [0.05, 0.1) is 0 Å². The van der Waals surface area contributed by atoms with E-state index in [4.69, 9.17) is 0 Å². The molecule has 1 fully saturated rings. The lowest BCUT2D eigenvalue weighted by Gasteiger charge is -2.30. The molecule has 1 amide bonds. The van der Waals surface area contributed by atoms with Gasteiger partial charge < -0.3 is 4.90 Å². The van der Waals surface area contributed by atoms with Gasteiger partial charge in [-0.2, -0.15) is 0 Å². The number of benzene rings is 1. The van der Waals surface area contributed by atoms with Gasteiger partial charge in [0.2, 0.25) is 5.91 Å². The molecule has 1 saturated heterocycles. The van der Waals surface area contributed by atoms with Gasteiger partial charge in [-0.3, -0.25) is 4.79 Å². The summed E-state index contributed by atoms with van der Waals surface area (Å²) in [5.41, 5.74) is 0.981. The van der Waals surface area contributed by atoms with Gasteiger partial charge in [0.25, 0.3) is 0 Å². The fraction of sp³-hybridized carbons (Fsp3) is 0.300. The summed E-state index contributed by atoms with van der Waals surface area (Å²) in [4.78, 5) is 12.7. The number of likely N-dealkylation sites (tertiary alicyclic amines) is 1. The molecular formula is C10H10FNO. The second-order valence-corrected chi connectivity index (χ2v) is 3.19. The van der Waals surface area contributed by atoms with Gasteiger partial charge in [-0.05, 0) is 17.7 Å². The Labute approximate surface area is 76.0 Å². The van der Waals surface area contributed by atoms with Gasteiger partial charge in [-0.15, -0.1) is 0 Å². The van der Waals surface area contributed by atoms with Crippen molar-refractivity contribution < 1.29 is 9.18 Å². The highest BCUT2D eigenvalue weighted by atomic mass is 19.1. The third-order valence-corrected chi connectivity index (χ3v) is 2.23. The Morgan fingerprint density at radius 3 is 2.46 bits per heavy atom. The summed E-state index contributed by atoms with van der Waals surface area (Å²) in [6, 6.07) is 6.25. The van der Waals surface area contributed by atoms with Gasteiger partial charge >= 0.3 is 0 Å². The van der Waals surface area contributed by atoms with E-state index < -0.39 is 0 Å². The molecule has 2 rings (SSSR count). The van der Waals surface area contributed by atoms with Crippen molar-refractivity contribution in [3.8, 4) is 0 Å². The predicted octanol–water partition coefficient (Wildman–Crippen LogP) is 1.56. The molecule has 0 atom stereocenters. The highest BCUT2D eigenvalue weighted by Crippen LogP contribution is 2.13. The zero-order valence-electron chi connectivity index (χ0n) is 7.16. The third kappa shape index (κ3) is 1.69. The maximum absolute atomic E-state index is 12.5. The van der Waals surface area contributed by atoms with E-state index in [2.05, 4.69) is 0 Å². The predicted molar refractivity (Wildman–Crippen MR) is 46.4 cm³/mol. The molecule has 0 aromatic heterocycles. The lowest BCUT2D eigenvalue weighted by atomic mass is 10.1. The van der Waals surface area contributed by atoms with Crippen LogP contribution in [-0.4, -0.2) is 17.4 Å². The molecule has 1 aromatic rings. The number of rotatable bonds is 2. The van der Waals surface area contributed by atoms with Gasteiger partial charge in [0, 0.05) is 19.5 Å². The molecule has 0 saturated carbocycles. The van der Waals surface area contributed by atoms with Gasteiger partial charge in [0.1, 0.15) is 5.82 Å². The van der Waals surface area contributed by atoms with Gasteiger partial charge in [-0.1, -0.05) is 12.1 Å². The second-order valence-electron chi connectivity index (χ2n) is 3.19. The maximum atomic E-state index is 12.5. The van der Waals surface area contributed by atoms with E-state index in [0.717, 1.165) is 12.1 Å². The Balaban J connectivity index is 2.01. The Morgan fingerprint density at radius 2 is 2.00 bits per heavy atom. The van der Waals surface area contributed by atoms with Crippen molar-refractivity contribution in [2.45, 2.75) is 13.0 Å². The van der Waals surface area contributed by atoms with Gasteiger partial charge in [0.15, 0.2) is 0 Å². The first-order valence-corrected chi connectivity index (χ1v) is 4.28. The molecule has 0 unspecified atom stereocenters. The van der Waals surface area contributed by atoms with Crippen LogP contribution in [0.5, 0.6) is 0 Å². The fourth-order valence-corrected chi connectivity index (χ4v) is 1.34. The number of carbonyl (C=O) groups excluding carboxylic acids is 1. The van der Waals surface area contributed by atoms with E-state index in [0.29, 0.717) is 13.0 Å². The van der Waals surface area contributed by atoms with Crippen LogP contribution in [0.4, 0.5) is 4.39 Å². The number of hydrogen-bond acceptors (Lipinski definition) is 1. The minimum absolute atomic E-state index is 0.185. The number of carbonyl (C=O) groups is 1. The summed E-state index contributed by atoms with van der Waals surface area (Å²) in [6.45, 7) is 1.44. The average Bonchev–Trinajstić information content (AvgIpc) is 2.15. The van der Waals surface area contributed by atoms with E-state index in [1.165, 1.54) is 12.1 Å². The molecule has 1 aliphatic heterocycles. The smallest absolute Gasteiger partial charge is 0.224 e. The largest absolute Gasteiger partial charge is 0.338 e. The first-order chi connectivity index (χ1) is 6.25. The van der Waals surface area contributed by atoms with Crippen LogP contribution >= 0.6 is 0 Å². The normalized spacial score (nSPS) is 15.8. The summed E-state index contributed by atoms with van der Waals surface area (Å²) >= 11 is 0. The van der Waals surface area contributed by atoms with Crippen molar-refractivity contribution in [1.29, 1.82) is 0 Å². The van der Waals surface area contributed by atoms with Crippen molar-refractivity contribution in [2.24, 2.45) is 0 Å². The summed E-state index contributed by atoms with van der Waals surface area (Å²) < 4.78 is 12.5. The molecule has 3 heteroatoms. The number of amides is 1. The Hall–Kier alpha value is -1.38. The van der Waals surface area contributed by atoms with E-state index in [1.807, 2.05) is 0 Å². The van der Waals surface area contributed by atoms with Crippen LogP contribution in [0.25, 0.3) is 0 Å². The van der Waals surface area contributed by atoms with Crippen LogP contribution in [-0.2, 0) is 11.3 Å². The summed E-state index contributed by atoms with van der Waals surface area (Å²) in [6.07, 6.45) is 0.654. The molecule has 0 spiro atoms. The average molecular weight is 179 g/mol. The summed E-state index contributed by atoms with van der Waals surface area (Å²) in [5.74, 6) is -0.0528. The SMILES string of the molecule is O=C1CCN1Cc1ccc(F)cc1. The lowest BCUT2D eigenvalue weighted by Crippen LogP contribution is -2.42. The molecule has 68 valence electrons. The first-order valence-electron chi connectivity index (χ1n) is 4.28. The second kappa shape index (κ2) is 3.17. The highest BCUT2D eigenvalue weighted by molar-refractivity contribution is 5.81. The maximum Gasteiger partial charge on any atom is 0.224 e. The minimum atomic E-state index is -0.237. The highest BCUT2D eigenvalue weighted by Gasteiger charge is 2.22. The molecule has 0 radical (unpaired) electrons. The molecule has 1 heterocycles. The number of halogens is 1.